The SMILES string of the molecule is CCCCN(C)C(=NC)NCCOc1cccc(C)c1. The quantitative estimate of drug-likeness (QED) is 0.473. The summed E-state index contributed by atoms with van der Waals surface area (Å²) in [5.74, 6) is 1.84. The van der Waals surface area contributed by atoms with E-state index < -0.39 is 0 Å². The zero-order chi connectivity index (χ0) is 14.8. The van der Waals surface area contributed by atoms with E-state index >= 15 is 0 Å². The highest BCUT2D eigenvalue weighted by atomic mass is 16.5. The molecule has 0 bridgehead atoms. The maximum Gasteiger partial charge on any atom is 0.193 e. The van der Waals surface area contributed by atoms with Crippen molar-refractivity contribution in [3.05, 3.63) is 29.8 Å². The monoisotopic (exact) mass is 277 g/mol. The van der Waals surface area contributed by atoms with Crippen molar-refractivity contribution in [2.24, 2.45) is 4.99 Å². The Kier molecular flexibility index (Phi) is 7.55. The van der Waals surface area contributed by atoms with Crippen molar-refractivity contribution < 1.29 is 4.74 Å². The number of unbranched alkanes of at least 4 members (excludes halogenated alkanes) is 1. The molecule has 4 heteroatoms. The fourth-order valence-electron chi connectivity index (χ4n) is 1.92. The van der Waals surface area contributed by atoms with E-state index in [4.69, 9.17) is 4.74 Å². The van der Waals surface area contributed by atoms with Gasteiger partial charge in [0, 0.05) is 20.6 Å². The highest BCUT2D eigenvalue weighted by molar-refractivity contribution is 5.79. The lowest BCUT2D eigenvalue weighted by atomic mass is 10.2. The molecule has 20 heavy (non-hydrogen) atoms. The van der Waals surface area contributed by atoms with Gasteiger partial charge in [0.2, 0.25) is 0 Å². The lowest BCUT2D eigenvalue weighted by Crippen LogP contribution is -2.41. The summed E-state index contributed by atoms with van der Waals surface area (Å²) in [6.07, 6.45) is 2.37. The average molecular weight is 277 g/mol. The van der Waals surface area contributed by atoms with Crippen LogP contribution in [0.15, 0.2) is 29.3 Å². The van der Waals surface area contributed by atoms with Gasteiger partial charge in [-0.05, 0) is 31.0 Å². The number of benzene rings is 1. The van der Waals surface area contributed by atoms with Crippen LogP contribution in [0.1, 0.15) is 25.3 Å². The van der Waals surface area contributed by atoms with Crippen molar-refractivity contribution in [3.63, 3.8) is 0 Å². The van der Waals surface area contributed by atoms with Crippen molar-refractivity contribution in [1.82, 2.24) is 10.2 Å². The molecule has 0 amide bonds. The van der Waals surface area contributed by atoms with E-state index in [1.165, 1.54) is 18.4 Å². The molecule has 1 aromatic carbocycles. The van der Waals surface area contributed by atoms with Gasteiger partial charge in [-0.3, -0.25) is 4.99 Å². The summed E-state index contributed by atoms with van der Waals surface area (Å²) in [5.41, 5.74) is 1.21. The topological polar surface area (TPSA) is 36.9 Å². The van der Waals surface area contributed by atoms with Gasteiger partial charge in [-0.1, -0.05) is 25.5 Å². The van der Waals surface area contributed by atoms with Crippen LogP contribution in [0.2, 0.25) is 0 Å². The summed E-state index contributed by atoms with van der Waals surface area (Å²) in [6, 6.07) is 8.10. The van der Waals surface area contributed by atoms with Gasteiger partial charge in [0.05, 0.1) is 6.54 Å². The molecule has 0 atom stereocenters. The van der Waals surface area contributed by atoms with Gasteiger partial charge in [0.15, 0.2) is 5.96 Å². The average Bonchev–Trinajstić information content (AvgIpc) is 2.45. The van der Waals surface area contributed by atoms with Gasteiger partial charge in [0.25, 0.3) is 0 Å². The van der Waals surface area contributed by atoms with Gasteiger partial charge in [0.1, 0.15) is 12.4 Å². The molecule has 0 radical (unpaired) electrons. The first-order chi connectivity index (χ1) is 9.67. The van der Waals surface area contributed by atoms with Gasteiger partial charge in [-0.15, -0.1) is 0 Å². The number of aryl methyl sites for hydroxylation is 1. The molecule has 1 rings (SSSR count). The third-order valence-electron chi connectivity index (χ3n) is 3.06. The molecule has 0 saturated carbocycles. The van der Waals surface area contributed by atoms with E-state index in [1.807, 2.05) is 25.2 Å². The molecule has 112 valence electrons. The molecule has 0 aliphatic rings. The van der Waals surface area contributed by atoms with Crippen LogP contribution < -0.4 is 10.1 Å². The molecule has 1 N–H and O–H groups in total. The zero-order valence-corrected chi connectivity index (χ0v) is 13.1. The van der Waals surface area contributed by atoms with E-state index in [0.717, 1.165) is 24.8 Å². The molecule has 0 aliphatic heterocycles. The lowest BCUT2D eigenvalue weighted by Gasteiger charge is -2.21. The maximum atomic E-state index is 5.71. The van der Waals surface area contributed by atoms with Gasteiger partial charge < -0.3 is 15.0 Å². The molecule has 0 heterocycles. The van der Waals surface area contributed by atoms with Gasteiger partial charge >= 0.3 is 0 Å². The summed E-state index contributed by atoms with van der Waals surface area (Å²) in [7, 11) is 3.87. The number of rotatable bonds is 7. The Balaban J connectivity index is 2.28. The standard InChI is InChI=1S/C16H27N3O/c1-5-6-11-19(4)16(17-3)18-10-12-20-15-9-7-8-14(2)13-15/h7-9,13H,5-6,10-12H2,1-4H3,(H,17,18). The fraction of sp³-hybridized carbons (Fsp3) is 0.562. The van der Waals surface area contributed by atoms with E-state index in [9.17, 15) is 0 Å². The molecule has 0 saturated heterocycles. The molecular formula is C16H27N3O. The van der Waals surface area contributed by atoms with E-state index in [2.05, 4.69) is 42.2 Å². The number of hydrogen-bond acceptors (Lipinski definition) is 2. The third-order valence-corrected chi connectivity index (χ3v) is 3.06. The zero-order valence-electron chi connectivity index (χ0n) is 13.1. The predicted molar refractivity (Wildman–Crippen MR) is 85.6 cm³/mol. The number of guanidine groups is 1. The molecule has 1 aromatic rings. The number of nitrogens with one attached hydrogen (secondary N) is 1. The molecular weight excluding hydrogens is 250 g/mol. The van der Waals surface area contributed by atoms with Crippen LogP contribution in [-0.2, 0) is 0 Å². The third kappa shape index (κ3) is 5.95. The van der Waals surface area contributed by atoms with Gasteiger partial charge in [-0.25, -0.2) is 0 Å². The van der Waals surface area contributed by atoms with Crippen LogP contribution in [0.4, 0.5) is 0 Å². The predicted octanol–water partition coefficient (Wildman–Crippen LogP) is 2.68. The largest absolute Gasteiger partial charge is 0.492 e. The summed E-state index contributed by atoms with van der Waals surface area (Å²) in [6.45, 7) is 6.66. The summed E-state index contributed by atoms with van der Waals surface area (Å²) >= 11 is 0. The second kappa shape index (κ2) is 9.23. The normalized spacial score (nSPS) is 11.3. The number of aliphatic imine (C=N–C) groups is 1. The van der Waals surface area contributed by atoms with Crippen molar-refractivity contribution in [2.75, 3.05) is 33.8 Å². The maximum absolute atomic E-state index is 5.71. The van der Waals surface area contributed by atoms with Crippen molar-refractivity contribution >= 4 is 5.96 Å². The minimum absolute atomic E-state index is 0.629. The van der Waals surface area contributed by atoms with Crippen LogP contribution in [0, 0.1) is 6.92 Å². The van der Waals surface area contributed by atoms with E-state index in [0.29, 0.717) is 6.61 Å². The van der Waals surface area contributed by atoms with Crippen molar-refractivity contribution in [1.29, 1.82) is 0 Å². The summed E-state index contributed by atoms with van der Waals surface area (Å²) in [4.78, 5) is 6.42. The highest BCUT2D eigenvalue weighted by Crippen LogP contribution is 2.11. The fourth-order valence-corrected chi connectivity index (χ4v) is 1.92. The molecule has 0 unspecified atom stereocenters. The van der Waals surface area contributed by atoms with Crippen LogP contribution in [-0.4, -0.2) is 44.7 Å². The summed E-state index contributed by atoms with van der Waals surface area (Å²) in [5, 5.41) is 3.31. The van der Waals surface area contributed by atoms with Crippen LogP contribution in [0.5, 0.6) is 5.75 Å². The Morgan fingerprint density at radius 2 is 2.20 bits per heavy atom. The number of ether oxygens (including phenoxy) is 1. The minimum atomic E-state index is 0.629. The van der Waals surface area contributed by atoms with Crippen LogP contribution >= 0.6 is 0 Å². The Labute approximate surface area is 122 Å². The summed E-state index contributed by atoms with van der Waals surface area (Å²) < 4.78 is 5.71. The van der Waals surface area contributed by atoms with E-state index in [1.54, 1.807) is 0 Å². The Morgan fingerprint density at radius 3 is 2.85 bits per heavy atom. The minimum Gasteiger partial charge on any atom is -0.492 e. The Morgan fingerprint density at radius 1 is 1.40 bits per heavy atom. The highest BCUT2D eigenvalue weighted by Gasteiger charge is 2.04. The molecule has 4 nitrogen and oxygen atoms in total. The van der Waals surface area contributed by atoms with Crippen LogP contribution in [0.3, 0.4) is 0 Å². The second-order valence-corrected chi connectivity index (χ2v) is 4.91. The number of nitrogens with zero attached hydrogens (tertiary/aromatic N) is 2. The molecule has 0 spiro atoms. The first-order valence-corrected chi connectivity index (χ1v) is 7.28. The Hall–Kier alpha value is -1.71. The van der Waals surface area contributed by atoms with E-state index in [-0.39, 0.29) is 0 Å². The first-order valence-electron chi connectivity index (χ1n) is 7.28. The molecule has 0 aromatic heterocycles. The van der Waals surface area contributed by atoms with Crippen molar-refractivity contribution in [2.45, 2.75) is 26.7 Å². The number of hydrogen-bond donors (Lipinski definition) is 1. The second-order valence-electron chi connectivity index (χ2n) is 4.91. The first kappa shape index (κ1) is 16.3. The molecule has 0 fully saturated rings. The van der Waals surface area contributed by atoms with Gasteiger partial charge in [-0.2, -0.15) is 0 Å². The van der Waals surface area contributed by atoms with Crippen molar-refractivity contribution in [3.8, 4) is 5.75 Å². The molecule has 0 aliphatic carbocycles. The smallest absolute Gasteiger partial charge is 0.193 e. The Bertz CT molecular complexity index is 418. The lowest BCUT2D eigenvalue weighted by molar-refractivity contribution is 0.319. The van der Waals surface area contributed by atoms with Crippen LogP contribution in [0.25, 0.3) is 0 Å².